The molecule has 1 aromatic rings. The summed E-state index contributed by atoms with van der Waals surface area (Å²) in [5.74, 6) is -0.691. The SMILES string of the molecule is Cc1cc(/C=C/C(=O)OCC(=O)NC2CCCC2)c(C)n1C1CC1. The van der Waals surface area contributed by atoms with Crippen LogP contribution in [0.15, 0.2) is 12.1 Å². The van der Waals surface area contributed by atoms with E-state index >= 15 is 0 Å². The molecule has 0 atom stereocenters. The van der Waals surface area contributed by atoms with Crippen LogP contribution >= 0.6 is 0 Å². The number of nitrogens with zero attached hydrogens (tertiary/aromatic N) is 1. The van der Waals surface area contributed by atoms with E-state index in [9.17, 15) is 9.59 Å². The zero-order chi connectivity index (χ0) is 17.1. The Balaban J connectivity index is 1.48. The van der Waals surface area contributed by atoms with Crippen molar-refractivity contribution in [2.24, 2.45) is 0 Å². The summed E-state index contributed by atoms with van der Waals surface area (Å²) >= 11 is 0. The highest BCUT2D eigenvalue weighted by Crippen LogP contribution is 2.38. The summed E-state index contributed by atoms with van der Waals surface area (Å²) in [5.41, 5.74) is 3.43. The van der Waals surface area contributed by atoms with Crippen LogP contribution in [0.5, 0.6) is 0 Å². The molecule has 0 unspecified atom stereocenters. The van der Waals surface area contributed by atoms with Crippen molar-refractivity contribution in [1.82, 2.24) is 9.88 Å². The Morgan fingerprint density at radius 1 is 1.25 bits per heavy atom. The van der Waals surface area contributed by atoms with Crippen LogP contribution in [-0.2, 0) is 14.3 Å². The van der Waals surface area contributed by atoms with Crippen LogP contribution in [0.25, 0.3) is 6.08 Å². The van der Waals surface area contributed by atoms with Gasteiger partial charge in [0.1, 0.15) is 0 Å². The van der Waals surface area contributed by atoms with E-state index in [1.165, 1.54) is 30.3 Å². The molecule has 2 saturated carbocycles. The van der Waals surface area contributed by atoms with E-state index in [0.29, 0.717) is 6.04 Å². The van der Waals surface area contributed by atoms with Crippen molar-refractivity contribution in [2.75, 3.05) is 6.61 Å². The minimum absolute atomic E-state index is 0.208. The van der Waals surface area contributed by atoms with E-state index in [-0.39, 0.29) is 18.6 Å². The molecule has 2 aliphatic carbocycles. The molecule has 1 N–H and O–H groups in total. The third-order valence-electron chi connectivity index (χ3n) is 4.90. The molecule has 1 aromatic heterocycles. The van der Waals surface area contributed by atoms with Crippen LogP contribution < -0.4 is 5.32 Å². The maximum absolute atomic E-state index is 11.8. The number of amides is 1. The molecule has 0 aliphatic heterocycles. The van der Waals surface area contributed by atoms with E-state index < -0.39 is 5.97 Å². The molecule has 2 fully saturated rings. The maximum Gasteiger partial charge on any atom is 0.331 e. The normalized spacial score (nSPS) is 18.2. The Hall–Kier alpha value is -2.04. The molecule has 0 aromatic carbocycles. The summed E-state index contributed by atoms with van der Waals surface area (Å²) in [5, 5.41) is 2.90. The Labute approximate surface area is 143 Å². The standard InChI is InChI=1S/C19H26N2O3/c1-13-11-15(14(2)21(13)17-8-9-17)7-10-19(23)24-12-18(22)20-16-5-3-4-6-16/h7,10-11,16-17H,3-6,8-9,12H2,1-2H3,(H,20,22)/b10-7+. The van der Waals surface area contributed by atoms with Gasteiger partial charge in [-0.15, -0.1) is 0 Å². The third kappa shape index (κ3) is 4.08. The average Bonchev–Trinajstić information content (AvgIpc) is 3.16. The summed E-state index contributed by atoms with van der Waals surface area (Å²) in [4.78, 5) is 23.6. The van der Waals surface area contributed by atoms with Gasteiger partial charge in [0, 0.05) is 29.5 Å². The Kier molecular flexibility index (Phi) is 5.07. The van der Waals surface area contributed by atoms with Gasteiger partial charge in [-0.1, -0.05) is 12.8 Å². The number of carbonyl (C=O) groups excluding carboxylic acids is 2. The molecule has 0 saturated heterocycles. The number of ether oxygens (including phenoxy) is 1. The number of aromatic nitrogens is 1. The van der Waals surface area contributed by atoms with E-state index in [0.717, 1.165) is 31.2 Å². The van der Waals surface area contributed by atoms with Gasteiger partial charge in [-0.2, -0.15) is 0 Å². The van der Waals surface area contributed by atoms with Gasteiger partial charge in [0.2, 0.25) is 0 Å². The lowest BCUT2D eigenvalue weighted by molar-refractivity contribution is -0.144. The highest BCUT2D eigenvalue weighted by molar-refractivity contribution is 5.89. The van der Waals surface area contributed by atoms with Gasteiger partial charge in [0.25, 0.3) is 5.91 Å². The quantitative estimate of drug-likeness (QED) is 0.644. The predicted molar refractivity (Wildman–Crippen MR) is 92.6 cm³/mol. The molecule has 0 bridgehead atoms. The van der Waals surface area contributed by atoms with Gasteiger partial charge in [-0.05, 0) is 57.2 Å². The number of aryl methyl sites for hydroxylation is 1. The van der Waals surface area contributed by atoms with Crippen molar-refractivity contribution >= 4 is 18.0 Å². The third-order valence-corrected chi connectivity index (χ3v) is 4.90. The second-order valence-electron chi connectivity index (χ2n) is 6.92. The first-order valence-electron chi connectivity index (χ1n) is 8.87. The molecule has 3 rings (SSSR count). The van der Waals surface area contributed by atoms with Crippen LogP contribution in [0, 0.1) is 13.8 Å². The summed E-state index contributed by atoms with van der Waals surface area (Å²) in [6.45, 7) is 3.96. The second-order valence-corrected chi connectivity index (χ2v) is 6.92. The van der Waals surface area contributed by atoms with Crippen LogP contribution in [-0.4, -0.2) is 29.1 Å². The summed E-state index contributed by atoms with van der Waals surface area (Å²) in [6, 6.07) is 2.96. The summed E-state index contributed by atoms with van der Waals surface area (Å²) < 4.78 is 7.36. The molecule has 1 heterocycles. The van der Waals surface area contributed by atoms with Crippen molar-refractivity contribution in [1.29, 1.82) is 0 Å². The van der Waals surface area contributed by atoms with E-state index in [1.54, 1.807) is 6.08 Å². The van der Waals surface area contributed by atoms with Gasteiger partial charge in [0.15, 0.2) is 6.61 Å². The van der Waals surface area contributed by atoms with E-state index in [4.69, 9.17) is 4.74 Å². The number of hydrogen-bond acceptors (Lipinski definition) is 3. The first kappa shape index (κ1) is 16.8. The molecule has 2 aliphatic rings. The van der Waals surface area contributed by atoms with Crippen LogP contribution in [0.4, 0.5) is 0 Å². The van der Waals surface area contributed by atoms with Gasteiger partial charge in [0.05, 0.1) is 0 Å². The van der Waals surface area contributed by atoms with Crippen LogP contribution in [0.1, 0.15) is 61.5 Å². The lowest BCUT2D eigenvalue weighted by atomic mass is 10.2. The average molecular weight is 330 g/mol. The molecule has 5 nitrogen and oxygen atoms in total. The fourth-order valence-corrected chi connectivity index (χ4v) is 3.55. The highest BCUT2D eigenvalue weighted by Gasteiger charge is 2.26. The van der Waals surface area contributed by atoms with E-state index in [2.05, 4.69) is 29.8 Å². The van der Waals surface area contributed by atoms with Crippen molar-refractivity contribution in [3.63, 3.8) is 0 Å². The van der Waals surface area contributed by atoms with Crippen LogP contribution in [0.2, 0.25) is 0 Å². The first-order valence-corrected chi connectivity index (χ1v) is 8.87. The number of nitrogens with one attached hydrogen (secondary N) is 1. The monoisotopic (exact) mass is 330 g/mol. The predicted octanol–water partition coefficient (Wildman–Crippen LogP) is 3.06. The van der Waals surface area contributed by atoms with Gasteiger partial charge >= 0.3 is 5.97 Å². The minimum Gasteiger partial charge on any atom is -0.452 e. The zero-order valence-corrected chi connectivity index (χ0v) is 14.5. The fourth-order valence-electron chi connectivity index (χ4n) is 3.55. The van der Waals surface area contributed by atoms with Crippen LogP contribution in [0.3, 0.4) is 0 Å². The largest absolute Gasteiger partial charge is 0.452 e. The van der Waals surface area contributed by atoms with Crippen molar-refractivity contribution < 1.29 is 14.3 Å². The van der Waals surface area contributed by atoms with Crippen molar-refractivity contribution in [3.8, 4) is 0 Å². The maximum atomic E-state index is 11.8. The molecule has 24 heavy (non-hydrogen) atoms. The Morgan fingerprint density at radius 2 is 1.96 bits per heavy atom. The van der Waals surface area contributed by atoms with Crippen molar-refractivity contribution in [3.05, 3.63) is 29.1 Å². The lowest BCUT2D eigenvalue weighted by Gasteiger charge is -2.11. The number of esters is 1. The first-order chi connectivity index (χ1) is 11.5. The molecule has 0 spiro atoms. The molecular weight excluding hydrogens is 304 g/mol. The smallest absolute Gasteiger partial charge is 0.331 e. The van der Waals surface area contributed by atoms with Gasteiger partial charge < -0.3 is 14.6 Å². The van der Waals surface area contributed by atoms with Gasteiger partial charge in [-0.3, -0.25) is 4.79 Å². The fraction of sp³-hybridized carbons (Fsp3) is 0.579. The van der Waals surface area contributed by atoms with E-state index in [1.807, 2.05) is 0 Å². The molecule has 0 radical (unpaired) electrons. The lowest BCUT2D eigenvalue weighted by Crippen LogP contribution is -2.35. The molecule has 130 valence electrons. The van der Waals surface area contributed by atoms with Gasteiger partial charge in [-0.25, -0.2) is 4.79 Å². The molecule has 1 amide bonds. The number of carbonyl (C=O) groups is 2. The molecular formula is C19H26N2O3. The second kappa shape index (κ2) is 7.24. The minimum atomic E-state index is -0.479. The summed E-state index contributed by atoms with van der Waals surface area (Å²) in [7, 11) is 0. The topological polar surface area (TPSA) is 60.3 Å². The Bertz CT molecular complexity index is 650. The van der Waals surface area contributed by atoms with Crippen molar-refractivity contribution in [2.45, 2.75) is 64.5 Å². The summed E-state index contributed by atoms with van der Waals surface area (Å²) in [6.07, 6.45) is 10.0. The molecule has 5 heteroatoms. The number of hydrogen-bond donors (Lipinski definition) is 1. The highest BCUT2D eigenvalue weighted by atomic mass is 16.5. The number of rotatable bonds is 6. The Morgan fingerprint density at radius 3 is 2.62 bits per heavy atom. The zero-order valence-electron chi connectivity index (χ0n) is 14.5.